The number of ether oxygens (including phenoxy) is 1. The van der Waals surface area contributed by atoms with Gasteiger partial charge in [0.25, 0.3) is 0 Å². The molecule has 1 unspecified atom stereocenters. The molecule has 76 valence electrons. The minimum Gasteiger partial charge on any atom is -0.492 e. The maximum absolute atomic E-state index is 5.73. The minimum atomic E-state index is 0.560. The van der Waals surface area contributed by atoms with Gasteiger partial charge in [-0.2, -0.15) is 0 Å². The molecule has 0 radical (unpaired) electrons. The Labute approximate surface area is 86.1 Å². The maximum atomic E-state index is 5.73. The second kappa shape index (κ2) is 3.30. The van der Waals surface area contributed by atoms with Gasteiger partial charge in [-0.3, -0.25) is 0 Å². The molecule has 1 heterocycles. The van der Waals surface area contributed by atoms with Crippen LogP contribution in [0.15, 0.2) is 12.1 Å². The summed E-state index contributed by atoms with van der Waals surface area (Å²) < 4.78 is 5.73. The first-order valence-electron chi connectivity index (χ1n) is 5.37. The van der Waals surface area contributed by atoms with Crippen molar-refractivity contribution in [3.8, 4) is 5.75 Å². The summed E-state index contributed by atoms with van der Waals surface area (Å²) in [5.74, 6) is 2.29. The second-order valence-corrected chi connectivity index (χ2v) is 4.56. The summed E-state index contributed by atoms with van der Waals surface area (Å²) in [6.07, 6.45) is 0. The molecule has 1 aromatic carbocycles. The van der Waals surface area contributed by atoms with Crippen molar-refractivity contribution >= 4 is 0 Å². The van der Waals surface area contributed by atoms with Crippen LogP contribution in [0.2, 0.25) is 0 Å². The van der Waals surface area contributed by atoms with E-state index in [2.05, 4.69) is 39.8 Å². The summed E-state index contributed by atoms with van der Waals surface area (Å²) in [4.78, 5) is 0. The van der Waals surface area contributed by atoms with E-state index in [0.29, 0.717) is 11.8 Å². The molecule has 1 heteroatoms. The van der Waals surface area contributed by atoms with Crippen molar-refractivity contribution in [2.45, 2.75) is 39.5 Å². The fourth-order valence-corrected chi connectivity index (χ4v) is 2.23. The zero-order valence-corrected chi connectivity index (χ0v) is 9.42. The summed E-state index contributed by atoms with van der Waals surface area (Å²) in [6.45, 7) is 9.70. The third kappa shape index (κ3) is 1.31. The van der Waals surface area contributed by atoms with E-state index >= 15 is 0 Å². The van der Waals surface area contributed by atoms with Crippen LogP contribution in [0.25, 0.3) is 0 Å². The predicted molar refractivity (Wildman–Crippen MR) is 59.2 cm³/mol. The van der Waals surface area contributed by atoms with Crippen molar-refractivity contribution in [1.29, 1.82) is 0 Å². The molecule has 0 aliphatic carbocycles. The van der Waals surface area contributed by atoms with Gasteiger partial charge in [0.1, 0.15) is 5.75 Å². The Bertz CT molecular complexity index is 352. The molecule has 14 heavy (non-hydrogen) atoms. The molecular weight excluding hydrogens is 172 g/mol. The Morgan fingerprint density at radius 2 is 2.07 bits per heavy atom. The molecule has 0 saturated heterocycles. The zero-order chi connectivity index (χ0) is 10.3. The van der Waals surface area contributed by atoms with Crippen molar-refractivity contribution in [2.75, 3.05) is 6.61 Å². The molecule has 0 fully saturated rings. The number of benzene rings is 1. The van der Waals surface area contributed by atoms with Gasteiger partial charge in [-0.1, -0.05) is 32.9 Å². The first-order chi connectivity index (χ1) is 6.61. The number of hydrogen-bond donors (Lipinski definition) is 0. The standard InChI is InChI=1S/C13H18O/c1-8(2)11-5-6-12-9(3)7-14-13(12)10(11)4/h5-6,8-9H,7H2,1-4H3. The van der Waals surface area contributed by atoms with E-state index < -0.39 is 0 Å². The van der Waals surface area contributed by atoms with Crippen LogP contribution in [0.3, 0.4) is 0 Å². The highest BCUT2D eigenvalue weighted by Gasteiger charge is 2.23. The molecule has 0 N–H and O–H groups in total. The highest BCUT2D eigenvalue weighted by Crippen LogP contribution is 2.39. The Balaban J connectivity index is 2.53. The summed E-state index contributed by atoms with van der Waals surface area (Å²) >= 11 is 0. The summed E-state index contributed by atoms with van der Waals surface area (Å²) in [6, 6.07) is 4.49. The maximum Gasteiger partial charge on any atom is 0.126 e. The Morgan fingerprint density at radius 1 is 1.36 bits per heavy atom. The van der Waals surface area contributed by atoms with Crippen molar-refractivity contribution < 1.29 is 4.74 Å². The van der Waals surface area contributed by atoms with E-state index in [9.17, 15) is 0 Å². The average Bonchev–Trinajstić information content (AvgIpc) is 2.49. The van der Waals surface area contributed by atoms with Gasteiger partial charge in [0, 0.05) is 11.5 Å². The molecular formula is C13H18O. The summed E-state index contributed by atoms with van der Waals surface area (Å²) in [5.41, 5.74) is 4.13. The minimum absolute atomic E-state index is 0.560. The van der Waals surface area contributed by atoms with Gasteiger partial charge in [-0.15, -0.1) is 0 Å². The van der Waals surface area contributed by atoms with Gasteiger partial charge in [-0.25, -0.2) is 0 Å². The fraction of sp³-hybridized carbons (Fsp3) is 0.538. The van der Waals surface area contributed by atoms with Gasteiger partial charge in [0.05, 0.1) is 6.61 Å². The van der Waals surface area contributed by atoms with Crippen LogP contribution in [0.4, 0.5) is 0 Å². The third-order valence-electron chi connectivity index (χ3n) is 3.11. The van der Waals surface area contributed by atoms with E-state index in [0.717, 1.165) is 12.4 Å². The van der Waals surface area contributed by atoms with E-state index in [1.807, 2.05) is 0 Å². The fourth-order valence-electron chi connectivity index (χ4n) is 2.23. The van der Waals surface area contributed by atoms with Crippen molar-refractivity contribution in [1.82, 2.24) is 0 Å². The van der Waals surface area contributed by atoms with E-state index in [4.69, 9.17) is 4.74 Å². The van der Waals surface area contributed by atoms with Crippen molar-refractivity contribution in [3.63, 3.8) is 0 Å². The predicted octanol–water partition coefficient (Wildman–Crippen LogP) is 3.61. The summed E-state index contributed by atoms with van der Waals surface area (Å²) in [5, 5.41) is 0. The van der Waals surface area contributed by atoms with Gasteiger partial charge in [0.2, 0.25) is 0 Å². The number of rotatable bonds is 1. The first kappa shape index (κ1) is 9.57. The highest BCUT2D eigenvalue weighted by molar-refractivity contribution is 5.50. The summed E-state index contributed by atoms with van der Waals surface area (Å²) in [7, 11) is 0. The lowest BCUT2D eigenvalue weighted by molar-refractivity contribution is 0.335. The molecule has 1 nitrogen and oxygen atoms in total. The lowest BCUT2D eigenvalue weighted by atomic mass is 9.93. The van der Waals surface area contributed by atoms with E-state index in [1.54, 1.807) is 0 Å². The third-order valence-corrected chi connectivity index (χ3v) is 3.11. The molecule has 1 aromatic rings. The topological polar surface area (TPSA) is 9.23 Å². The highest BCUT2D eigenvalue weighted by atomic mass is 16.5. The normalized spacial score (nSPS) is 19.6. The molecule has 0 aromatic heterocycles. The first-order valence-corrected chi connectivity index (χ1v) is 5.37. The SMILES string of the molecule is Cc1c(C(C)C)ccc2c1OCC2C. The van der Waals surface area contributed by atoms with Gasteiger partial charge in [-0.05, 0) is 24.0 Å². The van der Waals surface area contributed by atoms with Crippen LogP contribution in [0.1, 0.15) is 49.3 Å². The quantitative estimate of drug-likeness (QED) is 0.657. The molecule has 0 bridgehead atoms. The molecule has 1 aliphatic rings. The van der Waals surface area contributed by atoms with Crippen LogP contribution >= 0.6 is 0 Å². The van der Waals surface area contributed by atoms with Crippen LogP contribution in [0, 0.1) is 6.92 Å². The Hall–Kier alpha value is -0.980. The van der Waals surface area contributed by atoms with Crippen molar-refractivity contribution in [3.05, 3.63) is 28.8 Å². The molecule has 0 amide bonds. The van der Waals surface area contributed by atoms with Crippen LogP contribution < -0.4 is 4.74 Å². The monoisotopic (exact) mass is 190 g/mol. The molecule has 0 spiro atoms. The van der Waals surface area contributed by atoms with Crippen LogP contribution in [-0.4, -0.2) is 6.61 Å². The number of hydrogen-bond acceptors (Lipinski definition) is 1. The van der Waals surface area contributed by atoms with Crippen molar-refractivity contribution in [2.24, 2.45) is 0 Å². The molecule has 1 aliphatic heterocycles. The van der Waals surface area contributed by atoms with Crippen LogP contribution in [-0.2, 0) is 0 Å². The molecule has 1 atom stereocenters. The van der Waals surface area contributed by atoms with Gasteiger partial charge >= 0.3 is 0 Å². The van der Waals surface area contributed by atoms with Gasteiger partial charge < -0.3 is 4.74 Å². The van der Waals surface area contributed by atoms with Crippen LogP contribution in [0.5, 0.6) is 5.75 Å². The average molecular weight is 190 g/mol. The lowest BCUT2D eigenvalue weighted by Gasteiger charge is -2.13. The zero-order valence-electron chi connectivity index (χ0n) is 9.42. The Morgan fingerprint density at radius 3 is 2.71 bits per heavy atom. The van der Waals surface area contributed by atoms with Gasteiger partial charge in [0.15, 0.2) is 0 Å². The van der Waals surface area contributed by atoms with E-state index in [-0.39, 0.29) is 0 Å². The molecule has 2 rings (SSSR count). The second-order valence-electron chi connectivity index (χ2n) is 4.56. The smallest absolute Gasteiger partial charge is 0.126 e. The molecule has 0 saturated carbocycles. The Kier molecular flexibility index (Phi) is 2.26. The number of fused-ring (bicyclic) bond motifs is 1. The lowest BCUT2D eigenvalue weighted by Crippen LogP contribution is -1.95. The largest absolute Gasteiger partial charge is 0.492 e. The van der Waals surface area contributed by atoms with E-state index in [1.165, 1.54) is 16.7 Å².